The molecule has 0 spiro atoms. The molecule has 0 N–H and O–H groups in total. The van der Waals surface area contributed by atoms with E-state index in [2.05, 4.69) is 21.1 Å². The maximum Gasteiger partial charge on any atom is 0.253 e. The van der Waals surface area contributed by atoms with E-state index in [4.69, 9.17) is 11.6 Å². The summed E-state index contributed by atoms with van der Waals surface area (Å²) in [6.45, 7) is 0. The number of fused-ring (bicyclic) bond motifs is 1. The highest BCUT2D eigenvalue weighted by Crippen LogP contribution is 2.41. The predicted molar refractivity (Wildman–Crippen MR) is 86.8 cm³/mol. The van der Waals surface area contributed by atoms with Gasteiger partial charge in [-0.1, -0.05) is 23.8 Å². The van der Waals surface area contributed by atoms with Crippen LogP contribution in [0.2, 0.25) is 5.15 Å². The van der Waals surface area contributed by atoms with Crippen molar-refractivity contribution < 1.29 is 13.2 Å². The van der Waals surface area contributed by atoms with Crippen LogP contribution in [-0.4, -0.2) is 19.6 Å². The largest absolute Gasteiger partial charge is 0.253 e. The third-order valence-corrected chi connectivity index (χ3v) is 4.60. The molecule has 0 amide bonds. The van der Waals surface area contributed by atoms with E-state index in [1.807, 2.05) is 6.08 Å². The molecule has 0 aliphatic heterocycles. The van der Waals surface area contributed by atoms with E-state index in [9.17, 15) is 13.2 Å². The molecule has 1 aliphatic carbocycles. The van der Waals surface area contributed by atoms with E-state index in [1.54, 1.807) is 0 Å². The van der Waals surface area contributed by atoms with E-state index in [0.717, 1.165) is 12.8 Å². The molecule has 2 heterocycles. The number of allylic oxidation sites excluding steroid dienone is 2. The highest BCUT2D eigenvalue weighted by molar-refractivity contribution is 6.32. The number of aromatic nitrogens is 4. The lowest BCUT2D eigenvalue weighted by atomic mass is 9.87. The van der Waals surface area contributed by atoms with Gasteiger partial charge in [-0.3, -0.25) is 0 Å². The van der Waals surface area contributed by atoms with Crippen molar-refractivity contribution in [1.82, 2.24) is 19.6 Å². The Morgan fingerprint density at radius 1 is 1.08 bits per heavy atom. The van der Waals surface area contributed by atoms with E-state index in [0.29, 0.717) is 24.2 Å². The van der Waals surface area contributed by atoms with E-state index >= 15 is 0 Å². The minimum absolute atomic E-state index is 0.0615. The van der Waals surface area contributed by atoms with Crippen molar-refractivity contribution in [2.24, 2.45) is 0 Å². The summed E-state index contributed by atoms with van der Waals surface area (Å²) in [5, 5.41) is 4.05. The fourth-order valence-corrected chi connectivity index (χ4v) is 3.54. The second kappa shape index (κ2) is 6.15. The van der Waals surface area contributed by atoms with Gasteiger partial charge in [0.05, 0.1) is 11.3 Å². The SMILES string of the molecule is Fc1cc(F)c(-c2c(Cl)nc3ncnn3c2C2CC=CCC2)c(F)c1. The summed E-state index contributed by atoms with van der Waals surface area (Å²) in [5.41, 5.74) is 0.220. The second-order valence-electron chi connectivity index (χ2n) is 5.86. The van der Waals surface area contributed by atoms with Crippen molar-refractivity contribution in [3.63, 3.8) is 0 Å². The quantitative estimate of drug-likeness (QED) is 0.489. The maximum atomic E-state index is 14.4. The van der Waals surface area contributed by atoms with Gasteiger partial charge in [0.15, 0.2) is 0 Å². The van der Waals surface area contributed by atoms with Crippen LogP contribution in [0.25, 0.3) is 16.9 Å². The van der Waals surface area contributed by atoms with E-state index in [1.165, 1.54) is 10.8 Å². The second-order valence-corrected chi connectivity index (χ2v) is 6.22. The minimum Gasteiger partial charge on any atom is -0.207 e. The van der Waals surface area contributed by atoms with Crippen LogP contribution in [0.5, 0.6) is 0 Å². The zero-order valence-corrected chi connectivity index (χ0v) is 13.6. The van der Waals surface area contributed by atoms with Gasteiger partial charge in [-0.05, 0) is 19.3 Å². The van der Waals surface area contributed by atoms with E-state index < -0.39 is 23.0 Å². The molecule has 0 saturated carbocycles. The molecule has 25 heavy (non-hydrogen) atoms. The fraction of sp³-hybridized carbons (Fsp3) is 0.235. The number of hydrogen-bond acceptors (Lipinski definition) is 3. The Kier molecular flexibility index (Phi) is 3.95. The Bertz CT molecular complexity index is 976. The number of benzene rings is 1. The zero-order chi connectivity index (χ0) is 17.6. The minimum atomic E-state index is -1.03. The third kappa shape index (κ3) is 2.68. The fourth-order valence-electron chi connectivity index (χ4n) is 3.27. The summed E-state index contributed by atoms with van der Waals surface area (Å²) in [4.78, 5) is 8.10. The highest BCUT2D eigenvalue weighted by Gasteiger charge is 2.28. The van der Waals surface area contributed by atoms with Gasteiger partial charge in [-0.2, -0.15) is 15.1 Å². The molecule has 4 rings (SSSR count). The van der Waals surface area contributed by atoms with Crippen LogP contribution in [0.3, 0.4) is 0 Å². The topological polar surface area (TPSA) is 43.1 Å². The monoisotopic (exact) mass is 364 g/mol. The van der Waals surface area contributed by atoms with Crippen molar-refractivity contribution in [3.8, 4) is 11.1 Å². The van der Waals surface area contributed by atoms with Crippen LogP contribution in [0.1, 0.15) is 30.9 Å². The molecule has 0 saturated heterocycles. The van der Waals surface area contributed by atoms with Crippen LogP contribution in [0.4, 0.5) is 13.2 Å². The number of halogens is 4. The Balaban J connectivity index is 2.07. The first-order valence-corrected chi connectivity index (χ1v) is 8.13. The Hall–Kier alpha value is -2.41. The number of rotatable bonds is 2. The lowest BCUT2D eigenvalue weighted by Crippen LogP contribution is -2.13. The predicted octanol–water partition coefficient (Wildman–Crippen LogP) is 4.69. The van der Waals surface area contributed by atoms with Crippen molar-refractivity contribution in [3.05, 3.63) is 58.9 Å². The van der Waals surface area contributed by atoms with E-state index in [-0.39, 0.29) is 22.4 Å². The van der Waals surface area contributed by atoms with Gasteiger partial charge in [-0.15, -0.1) is 0 Å². The third-order valence-electron chi connectivity index (χ3n) is 4.33. The Morgan fingerprint density at radius 3 is 2.52 bits per heavy atom. The standard InChI is InChI=1S/C17H12ClF3N4/c18-16-14(13-11(20)6-10(19)7-12(13)21)15(9-4-2-1-3-5-9)25-17(24-16)22-8-23-25/h1-2,6-9H,3-5H2. The van der Waals surface area contributed by atoms with Crippen molar-refractivity contribution >= 4 is 17.4 Å². The van der Waals surface area contributed by atoms with Gasteiger partial charge in [0.2, 0.25) is 0 Å². The molecule has 8 heteroatoms. The normalized spacial score (nSPS) is 17.4. The van der Waals surface area contributed by atoms with Crippen LogP contribution in [0.15, 0.2) is 30.6 Å². The summed E-state index contributed by atoms with van der Waals surface area (Å²) in [6.07, 6.45) is 7.63. The molecule has 4 nitrogen and oxygen atoms in total. The molecule has 3 aromatic rings. The summed E-state index contributed by atoms with van der Waals surface area (Å²) in [6, 6.07) is 1.26. The average Bonchev–Trinajstić information content (AvgIpc) is 3.02. The van der Waals surface area contributed by atoms with Gasteiger partial charge in [-0.25, -0.2) is 17.7 Å². The van der Waals surface area contributed by atoms with Crippen molar-refractivity contribution in [2.45, 2.75) is 25.2 Å². The highest BCUT2D eigenvalue weighted by atomic mass is 35.5. The van der Waals surface area contributed by atoms with Crippen LogP contribution in [-0.2, 0) is 0 Å². The molecule has 0 fully saturated rings. The Morgan fingerprint density at radius 2 is 1.84 bits per heavy atom. The molecule has 1 aromatic carbocycles. The average molecular weight is 365 g/mol. The smallest absolute Gasteiger partial charge is 0.207 e. The molecule has 1 unspecified atom stereocenters. The van der Waals surface area contributed by atoms with Gasteiger partial charge >= 0.3 is 0 Å². The summed E-state index contributed by atoms with van der Waals surface area (Å²) in [5.74, 6) is -2.87. The molecule has 128 valence electrons. The first kappa shape index (κ1) is 16.1. The Labute approximate surface area is 146 Å². The lowest BCUT2D eigenvalue weighted by Gasteiger charge is -2.23. The molecule has 0 radical (unpaired) electrons. The molecule has 1 atom stereocenters. The van der Waals surface area contributed by atoms with Crippen LogP contribution >= 0.6 is 11.6 Å². The molecular weight excluding hydrogens is 353 g/mol. The summed E-state index contributed by atoms with van der Waals surface area (Å²) < 4.78 is 43.6. The van der Waals surface area contributed by atoms with Crippen molar-refractivity contribution in [1.29, 1.82) is 0 Å². The first-order chi connectivity index (χ1) is 12.1. The summed E-state index contributed by atoms with van der Waals surface area (Å²) >= 11 is 6.27. The number of nitrogens with zero attached hydrogens (tertiary/aromatic N) is 4. The van der Waals surface area contributed by atoms with Crippen LogP contribution in [0, 0.1) is 17.5 Å². The van der Waals surface area contributed by atoms with Crippen LogP contribution < -0.4 is 0 Å². The zero-order valence-electron chi connectivity index (χ0n) is 12.9. The summed E-state index contributed by atoms with van der Waals surface area (Å²) in [7, 11) is 0. The lowest BCUT2D eigenvalue weighted by molar-refractivity contribution is 0.544. The molecule has 0 bridgehead atoms. The van der Waals surface area contributed by atoms with Gasteiger partial charge in [0, 0.05) is 23.6 Å². The molecular formula is C17H12ClF3N4. The van der Waals surface area contributed by atoms with Gasteiger partial charge in [0.25, 0.3) is 5.78 Å². The molecule has 1 aliphatic rings. The van der Waals surface area contributed by atoms with Gasteiger partial charge in [0.1, 0.15) is 28.9 Å². The molecule has 2 aromatic heterocycles. The maximum absolute atomic E-state index is 14.4. The first-order valence-electron chi connectivity index (χ1n) is 7.75. The number of hydrogen-bond donors (Lipinski definition) is 0. The van der Waals surface area contributed by atoms with Crippen molar-refractivity contribution in [2.75, 3.05) is 0 Å². The van der Waals surface area contributed by atoms with Gasteiger partial charge < -0.3 is 0 Å².